The Hall–Kier alpha value is -1.06. The van der Waals surface area contributed by atoms with Gasteiger partial charge in [-0.25, -0.2) is 0 Å². The SMILES string of the molecule is CC1CCNC(c2ccc3ncccc3c2)S1. The van der Waals surface area contributed by atoms with Crippen LogP contribution >= 0.6 is 11.8 Å². The number of aromatic nitrogens is 1. The third kappa shape index (κ3) is 2.31. The van der Waals surface area contributed by atoms with E-state index in [2.05, 4.69) is 41.5 Å². The number of hydrogen-bond acceptors (Lipinski definition) is 3. The smallest absolute Gasteiger partial charge is 0.0792 e. The van der Waals surface area contributed by atoms with E-state index >= 15 is 0 Å². The van der Waals surface area contributed by atoms with Gasteiger partial charge in [-0.1, -0.05) is 19.1 Å². The first-order valence-electron chi connectivity index (χ1n) is 6.06. The highest BCUT2D eigenvalue weighted by molar-refractivity contribution is 8.00. The van der Waals surface area contributed by atoms with E-state index in [0.717, 1.165) is 17.3 Å². The summed E-state index contributed by atoms with van der Waals surface area (Å²) in [5.41, 5.74) is 2.44. The molecule has 0 radical (unpaired) electrons. The standard InChI is InChI=1S/C14H16N2S/c1-10-6-8-16-14(17-10)12-4-5-13-11(9-12)3-2-7-15-13/h2-5,7,9-10,14,16H,6,8H2,1H3. The number of fused-ring (bicyclic) bond motifs is 1. The highest BCUT2D eigenvalue weighted by Gasteiger charge is 2.20. The number of hydrogen-bond donors (Lipinski definition) is 1. The molecule has 0 saturated carbocycles. The van der Waals surface area contributed by atoms with Crippen molar-refractivity contribution in [2.45, 2.75) is 24.0 Å². The third-order valence-electron chi connectivity index (χ3n) is 3.18. The predicted molar refractivity (Wildman–Crippen MR) is 74.2 cm³/mol. The molecule has 2 nitrogen and oxygen atoms in total. The minimum Gasteiger partial charge on any atom is -0.302 e. The van der Waals surface area contributed by atoms with Crippen LogP contribution in [0.15, 0.2) is 36.5 Å². The third-order valence-corrected chi connectivity index (χ3v) is 4.59. The Bertz CT molecular complexity index is 526. The van der Waals surface area contributed by atoms with Gasteiger partial charge in [-0.15, -0.1) is 11.8 Å². The maximum Gasteiger partial charge on any atom is 0.0792 e. The average molecular weight is 244 g/mol. The number of nitrogens with one attached hydrogen (secondary N) is 1. The zero-order chi connectivity index (χ0) is 11.7. The lowest BCUT2D eigenvalue weighted by atomic mass is 10.1. The fourth-order valence-electron chi connectivity index (χ4n) is 2.22. The molecule has 2 atom stereocenters. The Morgan fingerprint density at radius 1 is 1.35 bits per heavy atom. The van der Waals surface area contributed by atoms with Crippen molar-refractivity contribution < 1.29 is 0 Å². The Morgan fingerprint density at radius 2 is 2.29 bits per heavy atom. The summed E-state index contributed by atoms with van der Waals surface area (Å²) in [4.78, 5) is 4.36. The van der Waals surface area contributed by atoms with Gasteiger partial charge in [-0.2, -0.15) is 0 Å². The summed E-state index contributed by atoms with van der Waals surface area (Å²) in [5.74, 6) is 0. The number of rotatable bonds is 1. The van der Waals surface area contributed by atoms with E-state index in [0.29, 0.717) is 5.37 Å². The van der Waals surface area contributed by atoms with Gasteiger partial charge >= 0.3 is 0 Å². The second-order valence-electron chi connectivity index (χ2n) is 4.53. The Labute approximate surface area is 106 Å². The van der Waals surface area contributed by atoms with E-state index in [1.165, 1.54) is 17.4 Å². The van der Waals surface area contributed by atoms with Crippen molar-refractivity contribution >= 4 is 22.7 Å². The summed E-state index contributed by atoms with van der Waals surface area (Å²) < 4.78 is 0. The molecule has 1 aromatic carbocycles. The second-order valence-corrected chi connectivity index (χ2v) is 6.07. The monoisotopic (exact) mass is 244 g/mol. The van der Waals surface area contributed by atoms with Crippen LogP contribution in [0.1, 0.15) is 24.3 Å². The summed E-state index contributed by atoms with van der Waals surface area (Å²) in [6.45, 7) is 3.42. The quantitative estimate of drug-likeness (QED) is 0.832. The van der Waals surface area contributed by atoms with Gasteiger partial charge in [0.2, 0.25) is 0 Å². The highest BCUT2D eigenvalue weighted by Crippen LogP contribution is 2.35. The fraction of sp³-hybridized carbons (Fsp3) is 0.357. The normalized spacial score (nSPS) is 25.0. The molecule has 1 aromatic heterocycles. The predicted octanol–water partition coefficient (Wildman–Crippen LogP) is 3.35. The van der Waals surface area contributed by atoms with Crippen LogP contribution in [0.25, 0.3) is 10.9 Å². The van der Waals surface area contributed by atoms with Crippen molar-refractivity contribution in [2.75, 3.05) is 6.54 Å². The van der Waals surface area contributed by atoms with Crippen molar-refractivity contribution in [3.05, 3.63) is 42.1 Å². The molecule has 1 saturated heterocycles. The van der Waals surface area contributed by atoms with E-state index < -0.39 is 0 Å². The summed E-state index contributed by atoms with van der Waals surface area (Å²) in [7, 11) is 0. The van der Waals surface area contributed by atoms with E-state index in [4.69, 9.17) is 0 Å². The molecule has 1 fully saturated rings. The van der Waals surface area contributed by atoms with Gasteiger partial charge in [0.15, 0.2) is 0 Å². The lowest BCUT2D eigenvalue weighted by Crippen LogP contribution is -2.28. The fourth-order valence-corrected chi connectivity index (χ4v) is 3.46. The number of pyridine rings is 1. The zero-order valence-corrected chi connectivity index (χ0v) is 10.7. The zero-order valence-electron chi connectivity index (χ0n) is 9.89. The van der Waals surface area contributed by atoms with Crippen LogP contribution < -0.4 is 5.32 Å². The van der Waals surface area contributed by atoms with E-state index in [-0.39, 0.29) is 0 Å². The van der Waals surface area contributed by atoms with E-state index in [1.54, 1.807) is 0 Å². The van der Waals surface area contributed by atoms with Crippen LogP contribution in [0.2, 0.25) is 0 Å². The Morgan fingerprint density at radius 3 is 3.18 bits per heavy atom. The molecular weight excluding hydrogens is 228 g/mol. The molecule has 2 aromatic rings. The van der Waals surface area contributed by atoms with Crippen molar-refractivity contribution in [3.8, 4) is 0 Å². The first kappa shape index (κ1) is 11.1. The molecule has 0 spiro atoms. The molecular formula is C14H16N2S. The van der Waals surface area contributed by atoms with Gasteiger partial charge < -0.3 is 5.32 Å². The molecule has 2 heterocycles. The summed E-state index contributed by atoms with van der Waals surface area (Å²) in [5, 5.41) is 5.98. The highest BCUT2D eigenvalue weighted by atomic mass is 32.2. The van der Waals surface area contributed by atoms with Crippen LogP contribution in [0.3, 0.4) is 0 Å². The molecule has 17 heavy (non-hydrogen) atoms. The van der Waals surface area contributed by atoms with Crippen LogP contribution in [-0.2, 0) is 0 Å². The molecule has 1 N–H and O–H groups in total. The maximum absolute atomic E-state index is 4.36. The Kier molecular flexibility index (Phi) is 3.04. The molecule has 0 aliphatic carbocycles. The molecule has 2 unspecified atom stereocenters. The van der Waals surface area contributed by atoms with Crippen molar-refractivity contribution in [3.63, 3.8) is 0 Å². The molecule has 88 valence electrons. The number of nitrogens with zero attached hydrogens (tertiary/aromatic N) is 1. The minimum atomic E-state index is 0.434. The van der Waals surface area contributed by atoms with Crippen molar-refractivity contribution in [1.82, 2.24) is 10.3 Å². The maximum atomic E-state index is 4.36. The van der Waals surface area contributed by atoms with Gasteiger partial charge in [-0.05, 0) is 36.7 Å². The van der Waals surface area contributed by atoms with E-state index in [9.17, 15) is 0 Å². The second kappa shape index (κ2) is 4.67. The van der Waals surface area contributed by atoms with Crippen molar-refractivity contribution in [1.29, 1.82) is 0 Å². The summed E-state index contributed by atoms with van der Waals surface area (Å²) in [6.07, 6.45) is 3.11. The van der Waals surface area contributed by atoms with Crippen molar-refractivity contribution in [2.24, 2.45) is 0 Å². The largest absolute Gasteiger partial charge is 0.302 e. The van der Waals surface area contributed by atoms with E-state index in [1.807, 2.05) is 24.0 Å². The molecule has 1 aliphatic rings. The minimum absolute atomic E-state index is 0.434. The van der Waals surface area contributed by atoms with Gasteiger partial charge in [-0.3, -0.25) is 4.98 Å². The topological polar surface area (TPSA) is 24.9 Å². The lowest BCUT2D eigenvalue weighted by molar-refractivity contribution is 0.605. The van der Waals surface area contributed by atoms with Gasteiger partial charge in [0.1, 0.15) is 0 Å². The first-order chi connectivity index (χ1) is 8.33. The lowest BCUT2D eigenvalue weighted by Gasteiger charge is -2.28. The van der Waals surface area contributed by atoms with Gasteiger partial charge in [0, 0.05) is 16.8 Å². The number of benzene rings is 1. The van der Waals surface area contributed by atoms with Crippen LogP contribution in [0.4, 0.5) is 0 Å². The van der Waals surface area contributed by atoms with Gasteiger partial charge in [0.25, 0.3) is 0 Å². The van der Waals surface area contributed by atoms with Crippen LogP contribution in [0, 0.1) is 0 Å². The van der Waals surface area contributed by atoms with Crippen LogP contribution in [0.5, 0.6) is 0 Å². The summed E-state index contributed by atoms with van der Waals surface area (Å²) >= 11 is 2.02. The summed E-state index contributed by atoms with van der Waals surface area (Å²) in [6, 6.07) is 10.7. The molecule has 3 heteroatoms. The molecule has 0 bridgehead atoms. The number of thioether (sulfide) groups is 1. The van der Waals surface area contributed by atoms with Crippen LogP contribution in [-0.4, -0.2) is 16.8 Å². The molecule has 1 aliphatic heterocycles. The first-order valence-corrected chi connectivity index (χ1v) is 7.01. The Balaban J connectivity index is 1.94. The average Bonchev–Trinajstić information content (AvgIpc) is 2.38. The molecule has 3 rings (SSSR count). The van der Waals surface area contributed by atoms with Gasteiger partial charge in [0.05, 0.1) is 10.9 Å². The molecule has 0 amide bonds.